The highest BCUT2D eigenvalue weighted by molar-refractivity contribution is 5.79. The summed E-state index contributed by atoms with van der Waals surface area (Å²) in [4.78, 5) is 11.6. The Balaban J connectivity index is 1.77. The van der Waals surface area contributed by atoms with Gasteiger partial charge in [0.1, 0.15) is 0 Å². The molecule has 0 spiro atoms. The Kier molecular flexibility index (Phi) is 2.54. The van der Waals surface area contributed by atoms with E-state index >= 15 is 0 Å². The molecular weight excluding hydrogens is 166 g/mol. The summed E-state index contributed by atoms with van der Waals surface area (Å²) in [6.07, 6.45) is 5.94. The summed E-state index contributed by atoms with van der Waals surface area (Å²) >= 11 is 0. The van der Waals surface area contributed by atoms with Gasteiger partial charge in [-0.15, -0.1) is 0 Å². The molecule has 1 amide bonds. The average Bonchev–Trinajstić information content (AvgIpc) is 2.64. The third kappa shape index (κ3) is 1.85. The van der Waals surface area contributed by atoms with Crippen LogP contribution in [0.25, 0.3) is 0 Å². The summed E-state index contributed by atoms with van der Waals surface area (Å²) in [6.45, 7) is 0. The van der Waals surface area contributed by atoms with Crippen LogP contribution >= 0.6 is 0 Å². The van der Waals surface area contributed by atoms with Crippen LogP contribution in [0.4, 0.5) is 0 Å². The maximum atomic E-state index is 11.6. The van der Waals surface area contributed by atoms with Gasteiger partial charge in [-0.25, -0.2) is 0 Å². The van der Waals surface area contributed by atoms with Gasteiger partial charge in [0.05, 0.1) is 12.1 Å². The van der Waals surface area contributed by atoms with Gasteiger partial charge in [0, 0.05) is 5.92 Å². The first-order valence-electron chi connectivity index (χ1n) is 5.26. The van der Waals surface area contributed by atoms with E-state index in [4.69, 9.17) is 0 Å². The lowest BCUT2D eigenvalue weighted by Gasteiger charge is -2.33. The fraction of sp³-hybridized carbons (Fsp3) is 0.900. The molecule has 2 aliphatic rings. The fourth-order valence-electron chi connectivity index (χ4n) is 2.14. The molecule has 0 aromatic rings. The predicted molar refractivity (Wildman–Crippen MR) is 49.1 cm³/mol. The summed E-state index contributed by atoms with van der Waals surface area (Å²) < 4.78 is 0. The highest BCUT2D eigenvalue weighted by atomic mass is 16.3. The lowest BCUT2D eigenvalue weighted by molar-refractivity contribution is -0.127. The lowest BCUT2D eigenvalue weighted by atomic mass is 9.88. The summed E-state index contributed by atoms with van der Waals surface area (Å²) in [6, 6.07) is 0.0492. The molecule has 2 rings (SSSR count). The highest BCUT2D eigenvalue weighted by Crippen LogP contribution is 2.26. The van der Waals surface area contributed by atoms with Crippen LogP contribution in [0.2, 0.25) is 0 Å². The quantitative estimate of drug-likeness (QED) is 0.665. The zero-order valence-electron chi connectivity index (χ0n) is 7.83. The number of hydrogen-bond acceptors (Lipinski definition) is 2. The first-order valence-corrected chi connectivity index (χ1v) is 5.26. The molecule has 2 saturated carbocycles. The van der Waals surface area contributed by atoms with E-state index in [9.17, 15) is 9.90 Å². The average molecular weight is 183 g/mol. The molecule has 0 unspecified atom stereocenters. The van der Waals surface area contributed by atoms with Gasteiger partial charge in [-0.05, 0) is 25.7 Å². The van der Waals surface area contributed by atoms with E-state index in [-0.39, 0.29) is 24.0 Å². The van der Waals surface area contributed by atoms with Crippen LogP contribution < -0.4 is 5.32 Å². The topological polar surface area (TPSA) is 49.3 Å². The molecule has 3 nitrogen and oxygen atoms in total. The molecule has 0 aromatic heterocycles. The molecule has 3 heteroatoms. The normalized spacial score (nSPS) is 34.2. The van der Waals surface area contributed by atoms with Crippen molar-refractivity contribution in [2.75, 3.05) is 0 Å². The van der Waals surface area contributed by atoms with Gasteiger partial charge in [0.2, 0.25) is 5.91 Å². The van der Waals surface area contributed by atoms with Gasteiger partial charge in [-0.1, -0.05) is 12.8 Å². The lowest BCUT2D eigenvalue weighted by Crippen LogP contribution is -2.51. The summed E-state index contributed by atoms with van der Waals surface area (Å²) in [5.74, 6) is 0.397. The number of rotatable bonds is 2. The van der Waals surface area contributed by atoms with Crippen molar-refractivity contribution in [3.8, 4) is 0 Å². The smallest absolute Gasteiger partial charge is 0.223 e. The monoisotopic (exact) mass is 183 g/mol. The van der Waals surface area contributed by atoms with Crippen molar-refractivity contribution in [3.63, 3.8) is 0 Å². The summed E-state index contributed by atoms with van der Waals surface area (Å²) in [7, 11) is 0. The van der Waals surface area contributed by atoms with Crippen LogP contribution in [0, 0.1) is 5.92 Å². The molecule has 0 heterocycles. The second kappa shape index (κ2) is 3.66. The van der Waals surface area contributed by atoms with E-state index in [0.717, 1.165) is 25.7 Å². The molecule has 74 valence electrons. The van der Waals surface area contributed by atoms with Crippen molar-refractivity contribution < 1.29 is 9.90 Å². The first-order chi connectivity index (χ1) is 6.27. The number of amides is 1. The van der Waals surface area contributed by atoms with E-state index in [1.807, 2.05) is 0 Å². The van der Waals surface area contributed by atoms with Crippen LogP contribution in [-0.2, 0) is 4.79 Å². The van der Waals surface area contributed by atoms with Crippen molar-refractivity contribution in [3.05, 3.63) is 0 Å². The second-order valence-electron chi connectivity index (χ2n) is 4.24. The van der Waals surface area contributed by atoms with Gasteiger partial charge in [0.25, 0.3) is 0 Å². The van der Waals surface area contributed by atoms with E-state index in [2.05, 4.69) is 5.32 Å². The SMILES string of the molecule is O=C(N[C@@H]1CC[C@H]1O)C1CCCC1. The number of aliphatic hydroxyl groups excluding tert-OH is 1. The molecule has 2 aliphatic carbocycles. The molecule has 0 aliphatic heterocycles. The Labute approximate surface area is 78.5 Å². The first kappa shape index (κ1) is 9.00. The van der Waals surface area contributed by atoms with Crippen molar-refractivity contribution in [1.82, 2.24) is 5.32 Å². The van der Waals surface area contributed by atoms with Gasteiger partial charge < -0.3 is 10.4 Å². The largest absolute Gasteiger partial charge is 0.391 e. The third-order valence-corrected chi connectivity index (χ3v) is 3.29. The summed E-state index contributed by atoms with van der Waals surface area (Å²) in [5, 5.41) is 12.2. The molecule has 0 aromatic carbocycles. The Morgan fingerprint density at radius 1 is 1.15 bits per heavy atom. The van der Waals surface area contributed by atoms with Crippen molar-refractivity contribution >= 4 is 5.91 Å². The fourth-order valence-corrected chi connectivity index (χ4v) is 2.14. The second-order valence-corrected chi connectivity index (χ2v) is 4.24. The third-order valence-electron chi connectivity index (χ3n) is 3.29. The summed E-state index contributed by atoms with van der Waals surface area (Å²) in [5.41, 5.74) is 0. The van der Waals surface area contributed by atoms with Gasteiger partial charge in [-0.2, -0.15) is 0 Å². The van der Waals surface area contributed by atoms with Crippen molar-refractivity contribution in [2.24, 2.45) is 5.92 Å². The van der Waals surface area contributed by atoms with E-state index in [0.29, 0.717) is 0 Å². The van der Waals surface area contributed by atoms with Crippen LogP contribution in [-0.4, -0.2) is 23.2 Å². The Morgan fingerprint density at radius 2 is 1.85 bits per heavy atom. The van der Waals surface area contributed by atoms with E-state index in [1.54, 1.807) is 0 Å². The minimum Gasteiger partial charge on any atom is -0.391 e. The van der Waals surface area contributed by atoms with Crippen LogP contribution in [0.1, 0.15) is 38.5 Å². The van der Waals surface area contributed by atoms with E-state index in [1.165, 1.54) is 12.8 Å². The van der Waals surface area contributed by atoms with Crippen LogP contribution in [0.5, 0.6) is 0 Å². The number of nitrogens with one attached hydrogen (secondary N) is 1. The maximum Gasteiger partial charge on any atom is 0.223 e. The van der Waals surface area contributed by atoms with Crippen molar-refractivity contribution in [1.29, 1.82) is 0 Å². The standard InChI is InChI=1S/C10H17NO2/c12-9-6-5-8(9)11-10(13)7-3-1-2-4-7/h7-9,12H,1-6H2,(H,11,13)/t8-,9-/m1/s1. The molecule has 2 atom stereocenters. The van der Waals surface area contributed by atoms with Crippen LogP contribution in [0.15, 0.2) is 0 Å². The number of carbonyl (C=O) groups is 1. The predicted octanol–water partition coefficient (Wildman–Crippen LogP) is 0.816. The van der Waals surface area contributed by atoms with Crippen molar-refractivity contribution in [2.45, 2.75) is 50.7 Å². The van der Waals surface area contributed by atoms with Gasteiger partial charge in [0.15, 0.2) is 0 Å². The molecule has 0 bridgehead atoms. The molecule has 2 N–H and O–H groups in total. The molecule has 0 saturated heterocycles. The molecule has 0 radical (unpaired) electrons. The van der Waals surface area contributed by atoms with E-state index < -0.39 is 0 Å². The Bertz CT molecular complexity index is 199. The van der Waals surface area contributed by atoms with Gasteiger partial charge >= 0.3 is 0 Å². The highest BCUT2D eigenvalue weighted by Gasteiger charge is 2.32. The Morgan fingerprint density at radius 3 is 2.31 bits per heavy atom. The molecule has 13 heavy (non-hydrogen) atoms. The molecule has 2 fully saturated rings. The Hall–Kier alpha value is -0.570. The molecular formula is C10H17NO2. The zero-order chi connectivity index (χ0) is 9.26. The number of carbonyl (C=O) groups excluding carboxylic acids is 1. The van der Waals surface area contributed by atoms with Crippen LogP contribution in [0.3, 0.4) is 0 Å². The minimum absolute atomic E-state index is 0.0492. The maximum absolute atomic E-state index is 11.6. The van der Waals surface area contributed by atoms with Gasteiger partial charge in [-0.3, -0.25) is 4.79 Å². The minimum atomic E-state index is -0.287. The zero-order valence-corrected chi connectivity index (χ0v) is 7.83. The number of aliphatic hydroxyl groups is 1. The number of hydrogen-bond donors (Lipinski definition) is 2.